The molecule has 2 rings (SSSR count). The largest absolute Gasteiger partial charge is 0.492 e. The van der Waals surface area contributed by atoms with Crippen LogP contribution in [0.15, 0.2) is 53.0 Å². The molecule has 0 unspecified atom stereocenters. The van der Waals surface area contributed by atoms with Gasteiger partial charge in [-0.25, -0.2) is 0 Å². The zero-order valence-corrected chi connectivity index (χ0v) is 14.9. The molecule has 0 aliphatic heterocycles. The summed E-state index contributed by atoms with van der Waals surface area (Å²) in [4.78, 5) is 23.6. The van der Waals surface area contributed by atoms with Crippen LogP contribution in [0.5, 0.6) is 5.75 Å². The van der Waals surface area contributed by atoms with Gasteiger partial charge in [-0.05, 0) is 43.3 Å². The number of amides is 2. The van der Waals surface area contributed by atoms with Crippen LogP contribution in [0.3, 0.4) is 0 Å². The van der Waals surface area contributed by atoms with E-state index < -0.39 is 0 Å². The molecule has 0 bridgehead atoms. The van der Waals surface area contributed by atoms with E-state index in [1.165, 1.54) is 0 Å². The van der Waals surface area contributed by atoms with Crippen LogP contribution in [0.4, 0.5) is 0 Å². The lowest BCUT2D eigenvalue weighted by molar-refractivity contribution is -0.120. The van der Waals surface area contributed by atoms with Gasteiger partial charge in [0.25, 0.3) is 5.91 Å². The van der Waals surface area contributed by atoms with Crippen LogP contribution < -0.4 is 15.4 Å². The monoisotopic (exact) mass is 390 g/mol. The lowest BCUT2D eigenvalue weighted by Crippen LogP contribution is -2.38. The Kier molecular flexibility index (Phi) is 6.81. The van der Waals surface area contributed by atoms with Gasteiger partial charge in [0, 0.05) is 10.0 Å². The van der Waals surface area contributed by atoms with E-state index >= 15 is 0 Å². The molecule has 0 aromatic heterocycles. The van der Waals surface area contributed by atoms with Gasteiger partial charge in [-0.3, -0.25) is 9.59 Å². The number of nitrogens with one attached hydrogen (secondary N) is 2. The number of ether oxygens (including phenoxy) is 1. The number of carbonyl (C=O) groups excluding carboxylic acids is 2. The van der Waals surface area contributed by atoms with Gasteiger partial charge < -0.3 is 15.4 Å². The van der Waals surface area contributed by atoms with E-state index in [0.717, 1.165) is 15.8 Å². The fraction of sp³-hybridized carbons (Fsp3) is 0.222. The van der Waals surface area contributed by atoms with E-state index in [1.807, 2.05) is 31.2 Å². The quantitative estimate of drug-likeness (QED) is 0.714. The maximum Gasteiger partial charge on any atom is 0.251 e. The topological polar surface area (TPSA) is 67.4 Å². The molecule has 0 fully saturated rings. The van der Waals surface area contributed by atoms with Crippen LogP contribution in [0, 0.1) is 6.92 Å². The highest BCUT2D eigenvalue weighted by Gasteiger charge is 2.07. The van der Waals surface area contributed by atoms with Crippen LogP contribution in [0.25, 0.3) is 0 Å². The average molecular weight is 391 g/mol. The van der Waals surface area contributed by atoms with Crippen molar-refractivity contribution in [3.63, 3.8) is 0 Å². The molecule has 0 radical (unpaired) electrons. The minimum Gasteiger partial charge on any atom is -0.492 e. The highest BCUT2D eigenvalue weighted by atomic mass is 79.9. The highest BCUT2D eigenvalue weighted by Crippen LogP contribution is 2.11. The van der Waals surface area contributed by atoms with Crippen molar-refractivity contribution in [2.24, 2.45) is 0 Å². The Balaban J connectivity index is 1.63. The third kappa shape index (κ3) is 6.04. The molecule has 6 heteroatoms. The predicted molar refractivity (Wildman–Crippen MR) is 96.2 cm³/mol. The third-order valence-corrected chi connectivity index (χ3v) is 3.76. The Bertz CT molecular complexity index is 684. The van der Waals surface area contributed by atoms with Crippen molar-refractivity contribution < 1.29 is 14.3 Å². The third-order valence-electron chi connectivity index (χ3n) is 3.23. The van der Waals surface area contributed by atoms with E-state index in [4.69, 9.17) is 4.74 Å². The maximum absolute atomic E-state index is 11.9. The number of halogens is 1. The predicted octanol–water partition coefficient (Wildman–Crippen LogP) is 2.68. The van der Waals surface area contributed by atoms with E-state index in [0.29, 0.717) is 18.7 Å². The SMILES string of the molecule is Cc1ccc(OCCNC(=O)CNC(=O)c2ccc(Br)cc2)cc1. The van der Waals surface area contributed by atoms with Gasteiger partial charge in [0.05, 0.1) is 13.1 Å². The Morgan fingerprint density at radius 2 is 1.67 bits per heavy atom. The number of hydrogen-bond acceptors (Lipinski definition) is 3. The second-order valence-electron chi connectivity index (χ2n) is 5.20. The summed E-state index contributed by atoms with van der Waals surface area (Å²) in [6.07, 6.45) is 0. The summed E-state index contributed by atoms with van der Waals surface area (Å²) in [5.41, 5.74) is 1.67. The van der Waals surface area contributed by atoms with Gasteiger partial charge in [-0.2, -0.15) is 0 Å². The molecule has 5 nitrogen and oxygen atoms in total. The first-order valence-corrected chi connectivity index (χ1v) is 8.34. The molecular formula is C18H19BrN2O3. The lowest BCUT2D eigenvalue weighted by atomic mass is 10.2. The van der Waals surface area contributed by atoms with Gasteiger partial charge in [-0.1, -0.05) is 33.6 Å². The second kappa shape index (κ2) is 9.08. The maximum atomic E-state index is 11.9. The number of carbonyl (C=O) groups is 2. The molecule has 0 aliphatic carbocycles. The first-order valence-electron chi connectivity index (χ1n) is 7.54. The van der Waals surface area contributed by atoms with Gasteiger partial charge in [-0.15, -0.1) is 0 Å². The molecule has 2 aromatic carbocycles. The summed E-state index contributed by atoms with van der Waals surface area (Å²) >= 11 is 3.30. The molecule has 24 heavy (non-hydrogen) atoms. The van der Waals surface area contributed by atoms with Crippen LogP contribution >= 0.6 is 15.9 Å². The molecular weight excluding hydrogens is 372 g/mol. The van der Waals surface area contributed by atoms with E-state index in [9.17, 15) is 9.59 Å². The molecule has 0 atom stereocenters. The Morgan fingerprint density at radius 1 is 1.00 bits per heavy atom. The number of aryl methyl sites for hydroxylation is 1. The van der Waals surface area contributed by atoms with Gasteiger partial charge in [0.1, 0.15) is 12.4 Å². The first-order chi connectivity index (χ1) is 11.5. The van der Waals surface area contributed by atoms with Crippen molar-refractivity contribution in [3.05, 3.63) is 64.1 Å². The van der Waals surface area contributed by atoms with Gasteiger partial charge >= 0.3 is 0 Å². The molecule has 0 aliphatic rings. The molecule has 2 N–H and O–H groups in total. The molecule has 0 heterocycles. The molecule has 2 amide bonds. The minimum absolute atomic E-state index is 0.0700. The van der Waals surface area contributed by atoms with Crippen molar-refractivity contribution in [1.82, 2.24) is 10.6 Å². The highest BCUT2D eigenvalue weighted by molar-refractivity contribution is 9.10. The van der Waals surface area contributed by atoms with Crippen molar-refractivity contribution in [3.8, 4) is 5.75 Å². The lowest BCUT2D eigenvalue weighted by Gasteiger charge is -2.09. The normalized spacial score (nSPS) is 10.1. The summed E-state index contributed by atoms with van der Waals surface area (Å²) in [5, 5.41) is 5.27. The molecule has 0 saturated carbocycles. The summed E-state index contributed by atoms with van der Waals surface area (Å²) in [6.45, 7) is 2.68. The molecule has 126 valence electrons. The van der Waals surface area contributed by atoms with E-state index in [-0.39, 0.29) is 18.4 Å². The summed E-state index contributed by atoms with van der Waals surface area (Å²) in [5.74, 6) is 0.222. The Morgan fingerprint density at radius 3 is 2.33 bits per heavy atom. The first kappa shape index (κ1) is 18.0. The second-order valence-corrected chi connectivity index (χ2v) is 6.12. The average Bonchev–Trinajstić information content (AvgIpc) is 2.59. The van der Waals surface area contributed by atoms with Crippen LogP contribution in [-0.4, -0.2) is 31.5 Å². The van der Waals surface area contributed by atoms with Gasteiger partial charge in [0.15, 0.2) is 0 Å². The van der Waals surface area contributed by atoms with Crippen molar-refractivity contribution >= 4 is 27.7 Å². The Hall–Kier alpha value is -2.34. The van der Waals surface area contributed by atoms with Crippen molar-refractivity contribution in [2.75, 3.05) is 19.7 Å². The number of benzene rings is 2. The number of hydrogen-bond donors (Lipinski definition) is 2. The fourth-order valence-electron chi connectivity index (χ4n) is 1.92. The fourth-order valence-corrected chi connectivity index (χ4v) is 2.18. The van der Waals surface area contributed by atoms with Crippen molar-refractivity contribution in [2.45, 2.75) is 6.92 Å². The zero-order chi connectivity index (χ0) is 17.4. The standard InChI is InChI=1S/C18H19BrN2O3/c1-13-2-8-16(9-3-13)24-11-10-20-17(22)12-21-18(23)14-4-6-15(19)7-5-14/h2-9H,10-12H2,1H3,(H,20,22)(H,21,23). The minimum atomic E-state index is -0.284. The van der Waals surface area contributed by atoms with Crippen LogP contribution in [0.1, 0.15) is 15.9 Å². The van der Waals surface area contributed by atoms with E-state index in [2.05, 4.69) is 26.6 Å². The summed E-state index contributed by atoms with van der Waals surface area (Å²) < 4.78 is 6.40. The smallest absolute Gasteiger partial charge is 0.251 e. The molecule has 0 spiro atoms. The van der Waals surface area contributed by atoms with Crippen molar-refractivity contribution in [1.29, 1.82) is 0 Å². The van der Waals surface area contributed by atoms with Crippen LogP contribution in [-0.2, 0) is 4.79 Å². The zero-order valence-electron chi connectivity index (χ0n) is 13.3. The van der Waals surface area contributed by atoms with Gasteiger partial charge in [0.2, 0.25) is 5.91 Å². The van der Waals surface area contributed by atoms with E-state index in [1.54, 1.807) is 24.3 Å². The molecule has 0 saturated heterocycles. The molecule has 2 aromatic rings. The van der Waals surface area contributed by atoms with Crippen LogP contribution in [0.2, 0.25) is 0 Å². The summed E-state index contributed by atoms with van der Waals surface area (Å²) in [7, 11) is 0. The Labute approximate surface area is 149 Å². The number of rotatable bonds is 7. The summed E-state index contributed by atoms with van der Waals surface area (Å²) in [6, 6.07) is 14.6.